The van der Waals surface area contributed by atoms with E-state index in [4.69, 9.17) is 0 Å². The van der Waals surface area contributed by atoms with Crippen LogP contribution in [0.2, 0.25) is 0 Å². The highest BCUT2D eigenvalue weighted by Crippen LogP contribution is 2.38. The van der Waals surface area contributed by atoms with Crippen LogP contribution in [0.3, 0.4) is 0 Å². The molecule has 1 aromatic heterocycles. The Hall–Kier alpha value is -2.63. The Morgan fingerprint density at radius 2 is 1.88 bits per heavy atom. The van der Waals surface area contributed by atoms with Gasteiger partial charge >= 0.3 is 0 Å². The zero-order valence-corrected chi connectivity index (χ0v) is 19.2. The van der Waals surface area contributed by atoms with Crippen LogP contribution in [0, 0.1) is 5.82 Å². The number of H-pyrrole nitrogens is 1. The van der Waals surface area contributed by atoms with Crippen molar-refractivity contribution >= 4 is 19.9 Å². The van der Waals surface area contributed by atoms with Gasteiger partial charge in [-0.3, -0.25) is 0 Å². The molecule has 1 aliphatic rings. The van der Waals surface area contributed by atoms with Crippen LogP contribution in [0.25, 0.3) is 11.4 Å². The minimum Gasteiger partial charge on any atom is -0.249 e. The number of hydrogen-bond acceptors (Lipinski definition) is 6. The quantitative estimate of drug-likeness (QED) is 0.603. The molecular weight excluding hydrogens is 455 g/mol. The summed E-state index contributed by atoms with van der Waals surface area (Å²) in [5.41, 5.74) is 1.23. The molecule has 8 nitrogen and oxygen atoms in total. The predicted octanol–water partition coefficient (Wildman–Crippen LogP) is 3.07. The largest absolute Gasteiger partial charge is 0.249 e. The Balaban J connectivity index is 1.61. The maximum atomic E-state index is 14.9. The number of aromatic nitrogens is 3. The zero-order chi connectivity index (χ0) is 23.1. The summed E-state index contributed by atoms with van der Waals surface area (Å²) in [7, 11) is -7.26. The lowest BCUT2D eigenvalue weighted by atomic mass is 10.0. The van der Waals surface area contributed by atoms with Crippen LogP contribution in [-0.4, -0.2) is 48.6 Å². The number of rotatable bonds is 5. The van der Waals surface area contributed by atoms with Gasteiger partial charge < -0.3 is 0 Å². The monoisotopic (exact) mass is 478 g/mol. The van der Waals surface area contributed by atoms with Gasteiger partial charge in [-0.25, -0.2) is 26.3 Å². The number of benzene rings is 2. The number of sulfonamides is 1. The van der Waals surface area contributed by atoms with E-state index in [-0.39, 0.29) is 34.7 Å². The first kappa shape index (κ1) is 22.6. The summed E-state index contributed by atoms with van der Waals surface area (Å²) in [6.07, 6.45) is 2.17. The third kappa shape index (κ3) is 4.32. The van der Waals surface area contributed by atoms with Crippen LogP contribution in [0.4, 0.5) is 4.39 Å². The number of nitrogens with one attached hydrogen (secondary N) is 1. The SMILES string of the molecule is CC1CCC(c2ccccc2)S(=O)(=O)N1Cc1ccc(-c2n[nH]c(S(C)(=O)=O)n2)cc1F. The van der Waals surface area contributed by atoms with Gasteiger partial charge in [0.1, 0.15) is 11.1 Å². The maximum absolute atomic E-state index is 14.9. The fourth-order valence-electron chi connectivity index (χ4n) is 3.88. The number of aromatic amines is 1. The van der Waals surface area contributed by atoms with Crippen molar-refractivity contribution in [1.29, 1.82) is 0 Å². The van der Waals surface area contributed by atoms with E-state index in [0.29, 0.717) is 12.8 Å². The molecule has 0 bridgehead atoms. The molecule has 2 heterocycles. The second-order valence-electron chi connectivity index (χ2n) is 7.96. The van der Waals surface area contributed by atoms with Crippen LogP contribution in [0.5, 0.6) is 0 Å². The van der Waals surface area contributed by atoms with Gasteiger partial charge in [-0.1, -0.05) is 42.5 Å². The van der Waals surface area contributed by atoms with Crippen molar-refractivity contribution in [3.63, 3.8) is 0 Å². The summed E-state index contributed by atoms with van der Waals surface area (Å²) in [5.74, 6) is -0.573. The summed E-state index contributed by atoms with van der Waals surface area (Å²) in [5, 5.41) is 5.18. The molecule has 11 heteroatoms. The Morgan fingerprint density at radius 3 is 2.50 bits per heavy atom. The molecule has 2 atom stereocenters. The third-order valence-corrected chi connectivity index (χ3v) is 8.90. The highest BCUT2D eigenvalue weighted by molar-refractivity contribution is 7.90. The lowest BCUT2D eigenvalue weighted by molar-refractivity contribution is 0.279. The van der Waals surface area contributed by atoms with Gasteiger partial charge in [0.15, 0.2) is 5.82 Å². The van der Waals surface area contributed by atoms with Gasteiger partial charge in [0.05, 0.1) is 0 Å². The molecule has 0 aliphatic carbocycles. The van der Waals surface area contributed by atoms with E-state index in [1.807, 2.05) is 25.1 Å². The van der Waals surface area contributed by atoms with Crippen molar-refractivity contribution in [2.24, 2.45) is 0 Å². The van der Waals surface area contributed by atoms with Crippen LogP contribution < -0.4 is 0 Å². The van der Waals surface area contributed by atoms with Gasteiger partial charge in [0, 0.05) is 30.0 Å². The highest BCUT2D eigenvalue weighted by atomic mass is 32.2. The van der Waals surface area contributed by atoms with E-state index < -0.39 is 30.9 Å². The first-order chi connectivity index (χ1) is 15.1. The number of halogens is 1. The normalized spacial score (nSPS) is 21.5. The Morgan fingerprint density at radius 1 is 1.16 bits per heavy atom. The van der Waals surface area contributed by atoms with Crippen molar-refractivity contribution in [1.82, 2.24) is 19.5 Å². The number of sulfone groups is 1. The van der Waals surface area contributed by atoms with Gasteiger partial charge in [-0.05, 0) is 31.4 Å². The van der Waals surface area contributed by atoms with E-state index in [1.54, 1.807) is 18.2 Å². The third-order valence-electron chi connectivity index (χ3n) is 5.65. The first-order valence-corrected chi connectivity index (χ1v) is 13.4. The maximum Gasteiger partial charge on any atom is 0.243 e. The molecule has 0 amide bonds. The van der Waals surface area contributed by atoms with Gasteiger partial charge in [-0.2, -0.15) is 14.4 Å². The Labute approximate surface area is 186 Å². The molecule has 2 unspecified atom stereocenters. The van der Waals surface area contributed by atoms with Gasteiger partial charge in [-0.15, -0.1) is 0 Å². The molecule has 1 fully saturated rings. The van der Waals surface area contributed by atoms with E-state index in [1.165, 1.54) is 16.4 Å². The van der Waals surface area contributed by atoms with Crippen molar-refractivity contribution in [2.75, 3.05) is 6.26 Å². The van der Waals surface area contributed by atoms with E-state index >= 15 is 0 Å². The molecular formula is C21H23FN4O4S2. The summed E-state index contributed by atoms with van der Waals surface area (Å²) < 4.78 is 66.1. The molecule has 3 aromatic rings. The molecule has 0 spiro atoms. The summed E-state index contributed by atoms with van der Waals surface area (Å²) in [6, 6.07) is 13.0. The Kier molecular flexibility index (Phi) is 5.91. The average Bonchev–Trinajstić information content (AvgIpc) is 3.23. The van der Waals surface area contributed by atoms with Crippen molar-refractivity contribution < 1.29 is 21.2 Å². The van der Waals surface area contributed by atoms with E-state index in [2.05, 4.69) is 15.2 Å². The topological polar surface area (TPSA) is 113 Å². The van der Waals surface area contributed by atoms with Crippen LogP contribution in [0.15, 0.2) is 53.7 Å². The summed E-state index contributed by atoms with van der Waals surface area (Å²) in [4.78, 5) is 3.89. The molecule has 4 rings (SSSR count). The fourth-order valence-corrected chi connectivity index (χ4v) is 6.53. The van der Waals surface area contributed by atoms with Crippen LogP contribution in [-0.2, 0) is 26.4 Å². The predicted molar refractivity (Wildman–Crippen MR) is 117 cm³/mol. The van der Waals surface area contributed by atoms with Gasteiger partial charge in [0.2, 0.25) is 25.0 Å². The minimum absolute atomic E-state index is 0.0407. The minimum atomic E-state index is -3.69. The van der Waals surface area contributed by atoms with Crippen LogP contribution in [0.1, 0.15) is 36.1 Å². The molecule has 1 N–H and O–H groups in total. The molecule has 170 valence electrons. The summed E-state index contributed by atoms with van der Waals surface area (Å²) in [6.45, 7) is 1.73. The van der Waals surface area contributed by atoms with Crippen LogP contribution >= 0.6 is 0 Å². The summed E-state index contributed by atoms with van der Waals surface area (Å²) >= 11 is 0. The van der Waals surface area contributed by atoms with Crippen molar-refractivity contribution in [3.8, 4) is 11.4 Å². The van der Waals surface area contributed by atoms with Gasteiger partial charge in [0.25, 0.3) is 0 Å². The van der Waals surface area contributed by atoms with E-state index in [9.17, 15) is 21.2 Å². The molecule has 1 aliphatic heterocycles. The molecule has 32 heavy (non-hydrogen) atoms. The number of hydrogen-bond donors (Lipinski definition) is 1. The molecule has 0 radical (unpaired) electrons. The molecule has 2 aromatic carbocycles. The Bertz CT molecular complexity index is 1340. The second-order valence-corrected chi connectivity index (χ2v) is 12.0. The zero-order valence-electron chi connectivity index (χ0n) is 17.6. The smallest absolute Gasteiger partial charge is 0.243 e. The lowest BCUT2D eigenvalue weighted by Crippen LogP contribution is -2.44. The van der Waals surface area contributed by atoms with Crippen molar-refractivity contribution in [3.05, 3.63) is 65.5 Å². The second kappa shape index (κ2) is 8.38. The van der Waals surface area contributed by atoms with E-state index in [0.717, 1.165) is 11.8 Å². The highest BCUT2D eigenvalue weighted by Gasteiger charge is 2.40. The molecule has 0 saturated carbocycles. The first-order valence-electron chi connectivity index (χ1n) is 10.0. The lowest BCUT2D eigenvalue weighted by Gasteiger charge is -2.37. The standard InChI is InChI=1S/C21H23FN4O4S2/c1-14-8-11-19(15-6-4-3-5-7-15)32(29,30)26(14)13-17-10-9-16(12-18(17)22)20-23-21(25-24-20)31(2,27)28/h3-7,9-10,12,14,19H,8,11,13H2,1-2H3,(H,23,24,25). The average molecular weight is 479 g/mol. The van der Waals surface area contributed by atoms with Crippen molar-refractivity contribution in [2.45, 2.75) is 42.8 Å². The fraction of sp³-hybridized carbons (Fsp3) is 0.333. The number of nitrogens with zero attached hydrogens (tertiary/aromatic N) is 3. The molecule has 1 saturated heterocycles.